The number of rotatable bonds is 5. The van der Waals surface area contributed by atoms with Gasteiger partial charge >= 0.3 is 0 Å². The van der Waals surface area contributed by atoms with Crippen LogP contribution in [-0.2, 0) is 0 Å². The first kappa shape index (κ1) is 16.4. The molecule has 0 radical (unpaired) electrons. The van der Waals surface area contributed by atoms with Crippen LogP contribution in [0.1, 0.15) is 64.5 Å². The summed E-state index contributed by atoms with van der Waals surface area (Å²) in [6, 6.07) is 4.47. The van der Waals surface area contributed by atoms with Crippen molar-refractivity contribution in [2.75, 3.05) is 6.54 Å². The summed E-state index contributed by atoms with van der Waals surface area (Å²) >= 11 is 0. The molecule has 1 atom stereocenters. The molecular formula is C18H27F2N. The van der Waals surface area contributed by atoms with E-state index in [-0.39, 0.29) is 6.04 Å². The monoisotopic (exact) mass is 295 g/mol. The van der Waals surface area contributed by atoms with Crippen LogP contribution in [-0.4, -0.2) is 6.54 Å². The Hall–Kier alpha value is -0.960. The zero-order valence-electron chi connectivity index (χ0n) is 13.4. The van der Waals surface area contributed by atoms with Gasteiger partial charge in [0.1, 0.15) is 0 Å². The Morgan fingerprint density at radius 1 is 1.19 bits per heavy atom. The van der Waals surface area contributed by atoms with Crippen LogP contribution in [0, 0.1) is 23.0 Å². The van der Waals surface area contributed by atoms with Crippen LogP contribution >= 0.6 is 0 Å². The van der Waals surface area contributed by atoms with E-state index in [4.69, 9.17) is 0 Å². The number of hydrogen-bond acceptors (Lipinski definition) is 1. The molecule has 0 aliphatic heterocycles. The molecule has 1 aliphatic rings. The molecule has 1 aromatic rings. The van der Waals surface area contributed by atoms with Crippen molar-refractivity contribution in [3.05, 3.63) is 35.4 Å². The van der Waals surface area contributed by atoms with Crippen LogP contribution in [0.4, 0.5) is 8.78 Å². The molecule has 0 aromatic heterocycles. The summed E-state index contributed by atoms with van der Waals surface area (Å²) in [4.78, 5) is 0. The number of halogens is 2. The molecule has 1 N–H and O–H groups in total. The van der Waals surface area contributed by atoms with Gasteiger partial charge in [-0.3, -0.25) is 0 Å². The smallest absolute Gasteiger partial charge is 0.159 e. The fraction of sp³-hybridized carbons (Fsp3) is 0.667. The SMILES string of the molecule is CCCNC(c1ccc(F)c(F)c1)C1CCC(C)(C)CC1. The van der Waals surface area contributed by atoms with Crippen molar-refractivity contribution in [3.8, 4) is 0 Å². The highest BCUT2D eigenvalue weighted by molar-refractivity contribution is 5.22. The third kappa shape index (κ3) is 4.26. The molecule has 1 nitrogen and oxygen atoms in total. The lowest BCUT2D eigenvalue weighted by Crippen LogP contribution is -2.33. The molecule has 1 unspecified atom stereocenters. The first-order valence-corrected chi connectivity index (χ1v) is 8.11. The van der Waals surface area contributed by atoms with Crippen LogP contribution in [0.3, 0.4) is 0 Å². The van der Waals surface area contributed by atoms with Crippen LogP contribution in [0.25, 0.3) is 0 Å². The summed E-state index contributed by atoms with van der Waals surface area (Å²) in [5.41, 5.74) is 1.30. The van der Waals surface area contributed by atoms with Crippen molar-refractivity contribution in [3.63, 3.8) is 0 Å². The van der Waals surface area contributed by atoms with Crippen molar-refractivity contribution in [1.82, 2.24) is 5.32 Å². The maximum atomic E-state index is 13.5. The lowest BCUT2D eigenvalue weighted by molar-refractivity contribution is 0.161. The largest absolute Gasteiger partial charge is 0.310 e. The Labute approximate surface area is 127 Å². The van der Waals surface area contributed by atoms with E-state index in [1.54, 1.807) is 6.07 Å². The Bertz CT molecular complexity index is 460. The second-order valence-corrected chi connectivity index (χ2v) is 7.11. The normalized spacial score (nSPS) is 20.4. The minimum absolute atomic E-state index is 0.135. The molecule has 1 fully saturated rings. The Morgan fingerprint density at radius 3 is 2.43 bits per heavy atom. The maximum absolute atomic E-state index is 13.5. The van der Waals surface area contributed by atoms with Gasteiger partial charge in [0.15, 0.2) is 11.6 Å². The molecule has 0 saturated heterocycles. The third-order valence-electron chi connectivity index (χ3n) is 4.77. The van der Waals surface area contributed by atoms with Gasteiger partial charge in [-0.2, -0.15) is 0 Å². The lowest BCUT2D eigenvalue weighted by atomic mass is 9.70. The summed E-state index contributed by atoms with van der Waals surface area (Å²) in [7, 11) is 0. The molecule has 118 valence electrons. The fourth-order valence-corrected chi connectivity index (χ4v) is 3.32. The van der Waals surface area contributed by atoms with Gasteiger partial charge in [-0.25, -0.2) is 8.78 Å². The van der Waals surface area contributed by atoms with Crippen LogP contribution in [0.15, 0.2) is 18.2 Å². The van der Waals surface area contributed by atoms with Gasteiger partial charge in [-0.05, 0) is 67.7 Å². The van der Waals surface area contributed by atoms with E-state index < -0.39 is 11.6 Å². The minimum atomic E-state index is -0.766. The van der Waals surface area contributed by atoms with Crippen molar-refractivity contribution in [2.45, 2.75) is 58.9 Å². The molecule has 21 heavy (non-hydrogen) atoms. The molecule has 0 amide bonds. The molecule has 1 aliphatic carbocycles. The van der Waals surface area contributed by atoms with Gasteiger partial charge in [-0.15, -0.1) is 0 Å². The highest BCUT2D eigenvalue weighted by Gasteiger charge is 2.32. The highest BCUT2D eigenvalue weighted by Crippen LogP contribution is 2.42. The average molecular weight is 295 g/mol. The summed E-state index contributed by atoms with van der Waals surface area (Å²) in [6.07, 6.45) is 5.73. The van der Waals surface area contributed by atoms with Crippen LogP contribution < -0.4 is 5.32 Å². The average Bonchev–Trinajstić information content (AvgIpc) is 2.44. The Kier molecular flexibility index (Phi) is 5.37. The summed E-state index contributed by atoms with van der Waals surface area (Å²) < 4.78 is 26.7. The quantitative estimate of drug-likeness (QED) is 0.785. The second-order valence-electron chi connectivity index (χ2n) is 7.11. The molecule has 1 saturated carbocycles. The summed E-state index contributed by atoms with van der Waals surface area (Å²) in [5.74, 6) is -1.00. The maximum Gasteiger partial charge on any atom is 0.159 e. The molecule has 0 spiro atoms. The predicted molar refractivity (Wildman–Crippen MR) is 83.1 cm³/mol. The van der Waals surface area contributed by atoms with Crippen molar-refractivity contribution in [1.29, 1.82) is 0 Å². The molecule has 3 heteroatoms. The van der Waals surface area contributed by atoms with Gasteiger partial charge in [0, 0.05) is 6.04 Å². The lowest BCUT2D eigenvalue weighted by Gasteiger charge is -2.38. The number of nitrogens with one attached hydrogen (secondary N) is 1. The van der Waals surface area contributed by atoms with Gasteiger partial charge in [0.2, 0.25) is 0 Å². The van der Waals surface area contributed by atoms with Gasteiger partial charge in [0.05, 0.1) is 0 Å². The second kappa shape index (κ2) is 6.87. The van der Waals surface area contributed by atoms with Crippen LogP contribution in [0.2, 0.25) is 0 Å². The number of benzene rings is 1. The summed E-state index contributed by atoms with van der Waals surface area (Å²) in [5, 5.41) is 3.54. The zero-order chi connectivity index (χ0) is 15.5. The standard InChI is InChI=1S/C18H27F2N/c1-4-11-21-17(13-7-9-18(2,3)10-8-13)14-5-6-15(19)16(20)12-14/h5-6,12-13,17,21H,4,7-11H2,1-3H3. The van der Waals surface area contributed by atoms with Crippen LogP contribution in [0.5, 0.6) is 0 Å². The van der Waals surface area contributed by atoms with Gasteiger partial charge in [0.25, 0.3) is 0 Å². The molecule has 0 bridgehead atoms. The number of hydrogen-bond donors (Lipinski definition) is 1. The Balaban J connectivity index is 2.16. The molecule has 2 rings (SSSR count). The highest BCUT2D eigenvalue weighted by atomic mass is 19.2. The van der Waals surface area contributed by atoms with E-state index in [1.165, 1.54) is 25.0 Å². The van der Waals surface area contributed by atoms with E-state index in [0.717, 1.165) is 31.4 Å². The third-order valence-corrected chi connectivity index (χ3v) is 4.77. The topological polar surface area (TPSA) is 12.0 Å². The first-order valence-electron chi connectivity index (χ1n) is 8.11. The zero-order valence-corrected chi connectivity index (χ0v) is 13.4. The van der Waals surface area contributed by atoms with E-state index in [2.05, 4.69) is 26.1 Å². The van der Waals surface area contributed by atoms with Crippen molar-refractivity contribution in [2.24, 2.45) is 11.3 Å². The van der Waals surface area contributed by atoms with E-state index >= 15 is 0 Å². The fourth-order valence-electron chi connectivity index (χ4n) is 3.32. The minimum Gasteiger partial charge on any atom is -0.310 e. The van der Waals surface area contributed by atoms with Crippen molar-refractivity contribution >= 4 is 0 Å². The summed E-state index contributed by atoms with van der Waals surface area (Å²) in [6.45, 7) is 7.66. The van der Waals surface area contributed by atoms with E-state index in [9.17, 15) is 8.78 Å². The molecule has 1 aromatic carbocycles. The van der Waals surface area contributed by atoms with E-state index in [0.29, 0.717) is 11.3 Å². The molecular weight excluding hydrogens is 268 g/mol. The first-order chi connectivity index (χ1) is 9.93. The molecule has 0 heterocycles. The van der Waals surface area contributed by atoms with Crippen molar-refractivity contribution < 1.29 is 8.78 Å². The Morgan fingerprint density at radius 2 is 1.86 bits per heavy atom. The van der Waals surface area contributed by atoms with E-state index in [1.807, 2.05) is 0 Å². The predicted octanol–water partition coefficient (Wildman–Crippen LogP) is 5.22. The van der Waals surface area contributed by atoms with Gasteiger partial charge in [-0.1, -0.05) is 26.8 Å². The van der Waals surface area contributed by atoms with Gasteiger partial charge < -0.3 is 5.32 Å².